The smallest absolute Gasteiger partial charge is 0.178 e. The lowest BCUT2D eigenvalue weighted by molar-refractivity contribution is 0.487. The first-order valence-corrected chi connectivity index (χ1v) is 7.70. The number of hydrogen-bond donors (Lipinski definition) is 0. The minimum atomic E-state index is 0.339. The van der Waals surface area contributed by atoms with E-state index < -0.39 is 0 Å². The predicted molar refractivity (Wildman–Crippen MR) is 88.9 cm³/mol. The molecule has 0 aliphatic carbocycles. The van der Waals surface area contributed by atoms with Crippen LogP contribution >= 0.6 is 0 Å². The van der Waals surface area contributed by atoms with E-state index >= 15 is 0 Å². The summed E-state index contributed by atoms with van der Waals surface area (Å²) < 4.78 is 1.75. The number of rotatable bonds is 3. The number of pyridine rings is 1. The molecule has 3 aromatic heterocycles. The molecule has 4 rings (SSSR count). The molecular weight excluding hydrogens is 304 g/mol. The van der Waals surface area contributed by atoms with E-state index in [0.29, 0.717) is 11.7 Å². The summed E-state index contributed by atoms with van der Waals surface area (Å²) in [5, 5.41) is 21.6. The van der Waals surface area contributed by atoms with Crippen molar-refractivity contribution in [2.45, 2.75) is 13.0 Å². The van der Waals surface area contributed by atoms with E-state index in [4.69, 9.17) is 5.26 Å². The van der Waals surface area contributed by atoms with Crippen molar-refractivity contribution in [3.05, 3.63) is 41.9 Å². The molecule has 0 atom stereocenters. The predicted octanol–water partition coefficient (Wildman–Crippen LogP) is 1.02. The van der Waals surface area contributed by atoms with Gasteiger partial charge in [-0.1, -0.05) is 6.07 Å². The fourth-order valence-electron chi connectivity index (χ4n) is 2.81. The van der Waals surface area contributed by atoms with Crippen LogP contribution in [0.3, 0.4) is 0 Å². The first kappa shape index (κ1) is 14.4. The van der Waals surface area contributed by atoms with Crippen molar-refractivity contribution in [2.24, 2.45) is 0 Å². The van der Waals surface area contributed by atoms with Crippen molar-refractivity contribution in [2.75, 3.05) is 29.9 Å². The van der Waals surface area contributed by atoms with Crippen LogP contribution in [0.15, 0.2) is 30.3 Å². The number of aryl methyl sites for hydroxylation is 1. The second-order valence-corrected chi connectivity index (χ2v) is 5.87. The van der Waals surface area contributed by atoms with E-state index in [9.17, 15) is 0 Å². The highest BCUT2D eigenvalue weighted by Gasteiger charge is 2.32. The van der Waals surface area contributed by atoms with Crippen LogP contribution in [-0.2, 0) is 0 Å². The Bertz CT molecular complexity index is 935. The van der Waals surface area contributed by atoms with E-state index in [1.54, 1.807) is 10.6 Å². The number of aromatic nitrogens is 5. The maximum absolute atomic E-state index is 8.98. The van der Waals surface area contributed by atoms with Crippen molar-refractivity contribution in [1.29, 1.82) is 5.26 Å². The van der Waals surface area contributed by atoms with Gasteiger partial charge in [-0.05, 0) is 31.2 Å². The molecule has 0 aromatic carbocycles. The lowest BCUT2D eigenvalue weighted by Gasteiger charge is -2.44. The fourth-order valence-corrected chi connectivity index (χ4v) is 2.81. The van der Waals surface area contributed by atoms with Gasteiger partial charge >= 0.3 is 0 Å². The quantitative estimate of drug-likeness (QED) is 0.712. The maximum atomic E-state index is 8.98. The van der Waals surface area contributed by atoms with Crippen molar-refractivity contribution in [3.8, 4) is 6.07 Å². The zero-order chi connectivity index (χ0) is 16.7. The monoisotopic (exact) mass is 320 g/mol. The van der Waals surface area contributed by atoms with Gasteiger partial charge in [0.2, 0.25) is 0 Å². The van der Waals surface area contributed by atoms with Gasteiger partial charge in [0, 0.05) is 20.1 Å². The van der Waals surface area contributed by atoms with Crippen LogP contribution in [0.2, 0.25) is 0 Å². The second kappa shape index (κ2) is 5.45. The van der Waals surface area contributed by atoms with Crippen LogP contribution in [0, 0.1) is 18.3 Å². The molecule has 4 heterocycles. The minimum Gasteiger partial charge on any atom is -0.353 e. The van der Waals surface area contributed by atoms with Gasteiger partial charge in [0.25, 0.3) is 0 Å². The highest BCUT2D eigenvalue weighted by molar-refractivity contribution is 5.51. The molecule has 1 aliphatic heterocycles. The molecule has 0 spiro atoms. The second-order valence-electron chi connectivity index (χ2n) is 5.87. The average Bonchev–Trinajstić information content (AvgIpc) is 2.94. The summed E-state index contributed by atoms with van der Waals surface area (Å²) >= 11 is 0. The van der Waals surface area contributed by atoms with Gasteiger partial charge in [-0.25, -0.2) is 4.98 Å². The molecule has 1 fully saturated rings. The van der Waals surface area contributed by atoms with Gasteiger partial charge in [-0.15, -0.1) is 15.3 Å². The van der Waals surface area contributed by atoms with E-state index in [1.165, 1.54) is 0 Å². The third-order valence-electron chi connectivity index (χ3n) is 4.35. The average molecular weight is 320 g/mol. The molecule has 0 saturated carbocycles. The summed E-state index contributed by atoms with van der Waals surface area (Å²) in [4.78, 5) is 8.66. The topological polar surface area (TPSA) is 86.2 Å². The van der Waals surface area contributed by atoms with E-state index in [-0.39, 0.29) is 0 Å². The summed E-state index contributed by atoms with van der Waals surface area (Å²) in [5.74, 6) is 2.50. The molecular formula is C16H16N8. The molecule has 0 bridgehead atoms. The number of fused-ring (bicyclic) bond motifs is 1. The van der Waals surface area contributed by atoms with Crippen molar-refractivity contribution >= 4 is 17.3 Å². The standard InChI is InChI=1S/C16H16N8/c1-11-19-20-15-6-7-16(21-24(11)15)23-9-13(10-23)22(2)14-5-3-4-12(8-17)18-14/h3-7,13H,9-10H2,1-2H3. The maximum Gasteiger partial charge on any atom is 0.178 e. The zero-order valence-electron chi connectivity index (χ0n) is 13.5. The van der Waals surface area contributed by atoms with Crippen LogP contribution in [-0.4, -0.2) is 51.0 Å². The first-order valence-electron chi connectivity index (χ1n) is 7.70. The minimum absolute atomic E-state index is 0.339. The van der Waals surface area contributed by atoms with Crippen LogP contribution in [0.5, 0.6) is 0 Å². The van der Waals surface area contributed by atoms with Gasteiger partial charge in [-0.3, -0.25) is 0 Å². The number of nitriles is 1. The number of likely N-dealkylation sites (N-methyl/N-ethyl adjacent to an activating group) is 1. The Morgan fingerprint density at radius 1 is 1.21 bits per heavy atom. The van der Waals surface area contributed by atoms with Crippen LogP contribution in [0.25, 0.3) is 5.65 Å². The summed E-state index contributed by atoms with van der Waals surface area (Å²) in [7, 11) is 2.01. The fraction of sp³-hybridized carbons (Fsp3) is 0.312. The Hall–Kier alpha value is -3.21. The molecule has 120 valence electrons. The Morgan fingerprint density at radius 2 is 2.04 bits per heavy atom. The molecule has 3 aromatic rings. The molecule has 1 aliphatic rings. The van der Waals surface area contributed by atoms with Crippen molar-refractivity contribution in [3.63, 3.8) is 0 Å². The van der Waals surface area contributed by atoms with Gasteiger partial charge in [0.15, 0.2) is 11.5 Å². The third kappa shape index (κ3) is 2.31. The van der Waals surface area contributed by atoms with Gasteiger partial charge in [0.1, 0.15) is 23.4 Å². The molecule has 0 amide bonds. The Labute approximate surface area is 139 Å². The van der Waals surface area contributed by atoms with Gasteiger partial charge in [-0.2, -0.15) is 9.78 Å². The van der Waals surface area contributed by atoms with Gasteiger partial charge in [0.05, 0.1) is 6.04 Å². The Balaban J connectivity index is 1.48. The summed E-state index contributed by atoms with van der Waals surface area (Å²) in [5.41, 5.74) is 1.19. The Kier molecular flexibility index (Phi) is 3.27. The van der Waals surface area contributed by atoms with E-state index in [1.807, 2.05) is 38.2 Å². The first-order chi connectivity index (χ1) is 11.7. The summed E-state index contributed by atoms with van der Waals surface area (Å²) in [6.07, 6.45) is 0. The highest BCUT2D eigenvalue weighted by Crippen LogP contribution is 2.24. The lowest BCUT2D eigenvalue weighted by atomic mass is 10.1. The van der Waals surface area contributed by atoms with Crippen molar-refractivity contribution < 1.29 is 0 Å². The molecule has 0 N–H and O–H groups in total. The summed E-state index contributed by atoms with van der Waals surface area (Å²) in [6, 6.07) is 11.8. The molecule has 0 unspecified atom stereocenters. The SMILES string of the molecule is Cc1nnc2ccc(N3CC(N(C)c4cccc(C#N)n4)C3)nn12. The molecule has 0 radical (unpaired) electrons. The normalized spacial score (nSPS) is 14.5. The largest absolute Gasteiger partial charge is 0.353 e. The summed E-state index contributed by atoms with van der Waals surface area (Å²) in [6.45, 7) is 3.60. The molecule has 24 heavy (non-hydrogen) atoms. The highest BCUT2D eigenvalue weighted by atomic mass is 15.4. The van der Waals surface area contributed by atoms with Crippen LogP contribution in [0.4, 0.5) is 11.6 Å². The van der Waals surface area contributed by atoms with E-state index in [0.717, 1.165) is 36.2 Å². The van der Waals surface area contributed by atoms with Gasteiger partial charge < -0.3 is 9.80 Å². The number of anilines is 2. The zero-order valence-corrected chi connectivity index (χ0v) is 13.5. The number of nitrogens with zero attached hydrogens (tertiary/aromatic N) is 8. The lowest BCUT2D eigenvalue weighted by Crippen LogP contribution is -2.59. The van der Waals surface area contributed by atoms with Crippen molar-refractivity contribution in [1.82, 2.24) is 24.8 Å². The molecule has 8 nitrogen and oxygen atoms in total. The van der Waals surface area contributed by atoms with E-state index in [2.05, 4.69) is 36.1 Å². The third-order valence-corrected chi connectivity index (χ3v) is 4.35. The molecule has 8 heteroatoms. The Morgan fingerprint density at radius 3 is 2.83 bits per heavy atom. The van der Waals surface area contributed by atoms with Crippen LogP contribution in [0.1, 0.15) is 11.5 Å². The molecule has 1 saturated heterocycles. The number of hydrogen-bond acceptors (Lipinski definition) is 7. The van der Waals surface area contributed by atoms with Crippen LogP contribution < -0.4 is 9.80 Å².